The second-order valence-electron chi connectivity index (χ2n) is 6.26. The van der Waals surface area contributed by atoms with Crippen LogP contribution < -0.4 is 0 Å². The van der Waals surface area contributed by atoms with Crippen LogP contribution in [0.1, 0.15) is 43.2 Å². The molecule has 3 heterocycles. The molecule has 1 aliphatic heterocycles. The van der Waals surface area contributed by atoms with E-state index in [1.165, 1.54) is 6.26 Å². The first-order chi connectivity index (χ1) is 11.4. The zero-order valence-electron chi connectivity index (χ0n) is 14.4. The van der Waals surface area contributed by atoms with E-state index >= 15 is 0 Å². The SMILES string of the molecule is CCn1c(Cn2ccnc2C)nnc1C1CCN(S(C)(=O)=O)CC1. The van der Waals surface area contributed by atoms with Crippen LogP contribution in [-0.2, 0) is 23.1 Å². The van der Waals surface area contributed by atoms with Crippen LogP contribution >= 0.6 is 0 Å². The van der Waals surface area contributed by atoms with Gasteiger partial charge in [-0.25, -0.2) is 17.7 Å². The molecule has 24 heavy (non-hydrogen) atoms. The molecule has 2 aromatic heterocycles. The Labute approximate surface area is 142 Å². The normalized spacial score (nSPS) is 17.5. The zero-order valence-corrected chi connectivity index (χ0v) is 15.2. The highest BCUT2D eigenvalue weighted by Crippen LogP contribution is 2.28. The van der Waals surface area contributed by atoms with Gasteiger partial charge in [0.1, 0.15) is 11.6 Å². The second-order valence-corrected chi connectivity index (χ2v) is 8.24. The van der Waals surface area contributed by atoms with E-state index in [4.69, 9.17) is 0 Å². The maximum Gasteiger partial charge on any atom is 0.211 e. The molecule has 0 spiro atoms. The van der Waals surface area contributed by atoms with E-state index < -0.39 is 10.0 Å². The number of piperidine rings is 1. The Morgan fingerprint density at radius 1 is 1.25 bits per heavy atom. The van der Waals surface area contributed by atoms with Gasteiger partial charge in [0, 0.05) is 37.9 Å². The van der Waals surface area contributed by atoms with Gasteiger partial charge in [0.2, 0.25) is 10.0 Å². The van der Waals surface area contributed by atoms with Crippen molar-refractivity contribution in [3.8, 4) is 0 Å². The topological polar surface area (TPSA) is 85.9 Å². The van der Waals surface area contributed by atoms with Gasteiger partial charge in [0.05, 0.1) is 12.8 Å². The van der Waals surface area contributed by atoms with E-state index in [1.807, 2.05) is 17.7 Å². The summed E-state index contributed by atoms with van der Waals surface area (Å²) >= 11 is 0. The summed E-state index contributed by atoms with van der Waals surface area (Å²) in [6, 6.07) is 0. The molecular formula is C15H24N6O2S. The highest BCUT2D eigenvalue weighted by Gasteiger charge is 2.29. The molecule has 0 aromatic carbocycles. The van der Waals surface area contributed by atoms with Crippen LogP contribution in [0.3, 0.4) is 0 Å². The monoisotopic (exact) mass is 352 g/mol. The van der Waals surface area contributed by atoms with Gasteiger partial charge in [0.25, 0.3) is 0 Å². The maximum atomic E-state index is 11.7. The van der Waals surface area contributed by atoms with Crippen molar-refractivity contribution in [2.24, 2.45) is 0 Å². The molecule has 1 saturated heterocycles. The van der Waals surface area contributed by atoms with Crippen molar-refractivity contribution in [2.45, 2.75) is 45.7 Å². The highest BCUT2D eigenvalue weighted by molar-refractivity contribution is 7.88. The predicted octanol–water partition coefficient (Wildman–Crippen LogP) is 0.990. The fraction of sp³-hybridized carbons (Fsp3) is 0.667. The quantitative estimate of drug-likeness (QED) is 0.801. The molecule has 1 aliphatic rings. The number of nitrogens with zero attached hydrogens (tertiary/aromatic N) is 6. The third-order valence-electron chi connectivity index (χ3n) is 4.70. The molecule has 0 bridgehead atoms. The van der Waals surface area contributed by atoms with Gasteiger partial charge in [-0.2, -0.15) is 0 Å². The van der Waals surface area contributed by atoms with Crippen molar-refractivity contribution in [1.29, 1.82) is 0 Å². The van der Waals surface area contributed by atoms with Crippen molar-refractivity contribution < 1.29 is 8.42 Å². The van der Waals surface area contributed by atoms with Gasteiger partial charge >= 0.3 is 0 Å². The molecule has 0 radical (unpaired) electrons. The zero-order chi connectivity index (χ0) is 17.3. The fourth-order valence-corrected chi connectivity index (χ4v) is 4.16. The lowest BCUT2D eigenvalue weighted by molar-refractivity contribution is 0.310. The highest BCUT2D eigenvalue weighted by atomic mass is 32.2. The standard InChI is InChI=1S/C15H24N6O2S/c1-4-21-14(11-19-10-7-16-12(19)2)17-18-15(21)13-5-8-20(9-6-13)24(3,22)23/h7,10,13H,4-6,8-9,11H2,1-3H3. The minimum Gasteiger partial charge on any atom is -0.328 e. The Morgan fingerprint density at radius 3 is 2.50 bits per heavy atom. The fourth-order valence-electron chi connectivity index (χ4n) is 3.28. The summed E-state index contributed by atoms with van der Waals surface area (Å²) in [6.07, 6.45) is 6.57. The Bertz CT molecular complexity index is 802. The summed E-state index contributed by atoms with van der Waals surface area (Å²) in [5.41, 5.74) is 0. The molecule has 0 amide bonds. The molecule has 0 N–H and O–H groups in total. The van der Waals surface area contributed by atoms with Crippen LogP contribution in [0.15, 0.2) is 12.4 Å². The smallest absolute Gasteiger partial charge is 0.211 e. The largest absolute Gasteiger partial charge is 0.328 e. The van der Waals surface area contributed by atoms with E-state index in [-0.39, 0.29) is 5.92 Å². The number of imidazole rings is 1. The van der Waals surface area contributed by atoms with E-state index in [2.05, 4.69) is 26.7 Å². The second kappa shape index (κ2) is 6.64. The number of aromatic nitrogens is 5. The Kier molecular flexibility index (Phi) is 4.73. The number of hydrogen-bond acceptors (Lipinski definition) is 5. The van der Waals surface area contributed by atoms with Crippen molar-refractivity contribution >= 4 is 10.0 Å². The van der Waals surface area contributed by atoms with Crippen molar-refractivity contribution in [1.82, 2.24) is 28.6 Å². The Balaban J connectivity index is 1.77. The average Bonchev–Trinajstić information content (AvgIpc) is 3.13. The lowest BCUT2D eigenvalue weighted by atomic mass is 9.97. The van der Waals surface area contributed by atoms with Crippen LogP contribution in [0.2, 0.25) is 0 Å². The van der Waals surface area contributed by atoms with Gasteiger partial charge in [-0.15, -0.1) is 10.2 Å². The summed E-state index contributed by atoms with van der Waals surface area (Å²) in [6.45, 7) is 6.61. The summed E-state index contributed by atoms with van der Waals surface area (Å²) < 4.78 is 29.0. The van der Waals surface area contributed by atoms with Gasteiger partial charge in [-0.3, -0.25) is 0 Å². The van der Waals surface area contributed by atoms with Crippen molar-refractivity contribution in [3.05, 3.63) is 29.9 Å². The average molecular weight is 352 g/mol. The van der Waals surface area contributed by atoms with Gasteiger partial charge in [-0.05, 0) is 26.7 Å². The van der Waals surface area contributed by atoms with Gasteiger partial charge < -0.3 is 9.13 Å². The van der Waals surface area contributed by atoms with E-state index in [0.29, 0.717) is 19.6 Å². The Morgan fingerprint density at radius 2 is 1.96 bits per heavy atom. The first-order valence-electron chi connectivity index (χ1n) is 8.25. The van der Waals surface area contributed by atoms with Crippen LogP contribution in [0, 0.1) is 6.92 Å². The molecular weight excluding hydrogens is 328 g/mol. The number of hydrogen-bond donors (Lipinski definition) is 0. The molecule has 0 saturated carbocycles. The van der Waals surface area contributed by atoms with Gasteiger partial charge in [0.15, 0.2) is 5.82 Å². The molecule has 1 fully saturated rings. The molecule has 9 heteroatoms. The molecule has 3 rings (SSSR count). The van der Waals surface area contributed by atoms with Crippen molar-refractivity contribution in [2.75, 3.05) is 19.3 Å². The summed E-state index contributed by atoms with van der Waals surface area (Å²) in [5, 5.41) is 8.80. The van der Waals surface area contributed by atoms with Crippen LogP contribution in [0.5, 0.6) is 0 Å². The summed E-state index contributed by atoms with van der Waals surface area (Å²) in [4.78, 5) is 4.24. The Hall–Kier alpha value is -1.74. The summed E-state index contributed by atoms with van der Waals surface area (Å²) in [5.74, 6) is 3.09. The third kappa shape index (κ3) is 3.36. The number of rotatable bonds is 5. The van der Waals surface area contributed by atoms with Crippen molar-refractivity contribution in [3.63, 3.8) is 0 Å². The lowest BCUT2D eigenvalue weighted by Gasteiger charge is -2.29. The minimum absolute atomic E-state index is 0.257. The van der Waals surface area contributed by atoms with Crippen LogP contribution in [0.4, 0.5) is 0 Å². The first-order valence-corrected chi connectivity index (χ1v) is 10.1. The van der Waals surface area contributed by atoms with E-state index in [9.17, 15) is 8.42 Å². The van der Waals surface area contributed by atoms with E-state index in [1.54, 1.807) is 10.5 Å². The molecule has 0 atom stereocenters. The first kappa shape index (κ1) is 17.1. The van der Waals surface area contributed by atoms with E-state index in [0.717, 1.165) is 36.9 Å². The molecule has 0 unspecified atom stereocenters. The molecule has 0 aliphatic carbocycles. The molecule has 132 valence electrons. The number of sulfonamides is 1. The molecule has 2 aromatic rings. The molecule has 8 nitrogen and oxygen atoms in total. The summed E-state index contributed by atoms with van der Waals surface area (Å²) in [7, 11) is -3.10. The lowest BCUT2D eigenvalue weighted by Crippen LogP contribution is -2.37. The predicted molar refractivity (Wildman–Crippen MR) is 90.2 cm³/mol. The van der Waals surface area contributed by atoms with Gasteiger partial charge in [-0.1, -0.05) is 0 Å². The third-order valence-corrected chi connectivity index (χ3v) is 6.00. The van der Waals surface area contributed by atoms with Crippen LogP contribution in [0.25, 0.3) is 0 Å². The maximum absolute atomic E-state index is 11.7. The van der Waals surface area contributed by atoms with Crippen LogP contribution in [-0.4, -0.2) is 56.4 Å². The minimum atomic E-state index is -3.10. The number of aryl methyl sites for hydroxylation is 1.